The fourth-order valence-corrected chi connectivity index (χ4v) is 3.08. The van der Waals surface area contributed by atoms with Crippen LogP contribution in [0.5, 0.6) is 0 Å². The van der Waals surface area contributed by atoms with E-state index in [0.29, 0.717) is 5.41 Å². The monoisotopic (exact) mass is 273 g/mol. The Morgan fingerprint density at radius 2 is 2.10 bits per heavy atom. The van der Waals surface area contributed by atoms with E-state index in [0.717, 1.165) is 18.5 Å². The molecular formula is C17H27N3. The molecule has 3 heteroatoms. The van der Waals surface area contributed by atoms with Gasteiger partial charge < -0.3 is 10.2 Å². The summed E-state index contributed by atoms with van der Waals surface area (Å²) in [5.41, 5.74) is 3.15. The fraction of sp³-hybridized carbons (Fsp3) is 0.706. The van der Waals surface area contributed by atoms with Crippen LogP contribution in [0.4, 0.5) is 5.69 Å². The molecule has 2 fully saturated rings. The van der Waals surface area contributed by atoms with E-state index in [-0.39, 0.29) is 0 Å². The Hall–Kier alpha value is -1.09. The van der Waals surface area contributed by atoms with Crippen LogP contribution in [-0.4, -0.2) is 24.1 Å². The average Bonchev–Trinajstić information content (AvgIpc) is 3.09. The quantitative estimate of drug-likeness (QED) is 0.913. The standard InChI is InChI=1S/C17H27N3/c1-17(2,3)14-7-9-20(12-14)16-11-18-8-6-13(16)10-19-15-4-5-15/h6,8,11,14-15,19H,4-5,7,9-10,12H2,1-3H3. The van der Waals surface area contributed by atoms with E-state index in [1.54, 1.807) is 0 Å². The van der Waals surface area contributed by atoms with Crippen LogP contribution < -0.4 is 10.2 Å². The van der Waals surface area contributed by atoms with E-state index in [9.17, 15) is 0 Å². The molecule has 1 aliphatic heterocycles. The van der Waals surface area contributed by atoms with Gasteiger partial charge in [0.05, 0.1) is 11.9 Å². The van der Waals surface area contributed by atoms with Crippen LogP contribution in [0.1, 0.15) is 45.6 Å². The zero-order valence-corrected chi connectivity index (χ0v) is 13.0. The van der Waals surface area contributed by atoms with Gasteiger partial charge in [0.25, 0.3) is 0 Å². The lowest BCUT2D eigenvalue weighted by Crippen LogP contribution is -2.27. The predicted octanol–water partition coefficient (Wildman–Crippen LogP) is 3.21. The maximum Gasteiger partial charge on any atom is 0.0598 e. The molecular weight excluding hydrogens is 246 g/mol. The largest absolute Gasteiger partial charge is 0.370 e. The van der Waals surface area contributed by atoms with Crippen LogP contribution >= 0.6 is 0 Å². The third kappa shape index (κ3) is 3.14. The van der Waals surface area contributed by atoms with Gasteiger partial charge in [-0.05, 0) is 42.2 Å². The topological polar surface area (TPSA) is 28.2 Å². The van der Waals surface area contributed by atoms with Crippen molar-refractivity contribution >= 4 is 5.69 Å². The number of nitrogens with one attached hydrogen (secondary N) is 1. The van der Waals surface area contributed by atoms with Gasteiger partial charge in [0.1, 0.15) is 0 Å². The third-order valence-electron chi connectivity index (χ3n) is 4.80. The van der Waals surface area contributed by atoms with Crippen LogP contribution in [0.15, 0.2) is 18.5 Å². The van der Waals surface area contributed by atoms with Crippen molar-refractivity contribution in [3.8, 4) is 0 Å². The zero-order chi connectivity index (χ0) is 14.2. The summed E-state index contributed by atoms with van der Waals surface area (Å²) in [5.74, 6) is 0.784. The van der Waals surface area contributed by atoms with E-state index < -0.39 is 0 Å². The van der Waals surface area contributed by atoms with Gasteiger partial charge in [0.2, 0.25) is 0 Å². The summed E-state index contributed by atoms with van der Waals surface area (Å²) in [7, 11) is 0. The second-order valence-corrected chi connectivity index (χ2v) is 7.46. The molecule has 0 amide bonds. The maximum atomic E-state index is 4.35. The van der Waals surface area contributed by atoms with E-state index in [2.05, 4.69) is 48.2 Å². The molecule has 1 aliphatic carbocycles. The number of hydrogen-bond acceptors (Lipinski definition) is 3. The first-order valence-electron chi connectivity index (χ1n) is 7.95. The molecule has 1 atom stereocenters. The number of anilines is 1. The highest BCUT2D eigenvalue weighted by atomic mass is 15.2. The molecule has 0 radical (unpaired) electrons. The van der Waals surface area contributed by atoms with Crippen molar-refractivity contribution in [2.24, 2.45) is 11.3 Å². The van der Waals surface area contributed by atoms with E-state index in [1.807, 2.05) is 6.20 Å². The molecule has 1 saturated carbocycles. The second-order valence-electron chi connectivity index (χ2n) is 7.46. The highest BCUT2D eigenvalue weighted by Gasteiger charge is 2.32. The molecule has 1 aromatic heterocycles. The lowest BCUT2D eigenvalue weighted by molar-refractivity contribution is 0.263. The molecule has 0 aromatic carbocycles. The van der Waals surface area contributed by atoms with Crippen molar-refractivity contribution in [3.05, 3.63) is 24.0 Å². The normalized spacial score (nSPS) is 23.4. The van der Waals surface area contributed by atoms with Crippen molar-refractivity contribution in [3.63, 3.8) is 0 Å². The lowest BCUT2D eigenvalue weighted by atomic mass is 9.80. The highest BCUT2D eigenvalue weighted by Crippen LogP contribution is 2.36. The Bertz CT molecular complexity index is 460. The minimum Gasteiger partial charge on any atom is -0.370 e. The minimum absolute atomic E-state index is 0.406. The summed E-state index contributed by atoms with van der Waals surface area (Å²) >= 11 is 0. The Balaban J connectivity index is 1.70. The fourth-order valence-electron chi connectivity index (χ4n) is 3.08. The van der Waals surface area contributed by atoms with Crippen LogP contribution in [0.25, 0.3) is 0 Å². The van der Waals surface area contributed by atoms with Crippen molar-refractivity contribution < 1.29 is 0 Å². The number of rotatable bonds is 4. The summed E-state index contributed by atoms with van der Waals surface area (Å²) in [5, 5.41) is 3.62. The van der Waals surface area contributed by atoms with Gasteiger partial charge in [0.15, 0.2) is 0 Å². The molecule has 2 aliphatic rings. The molecule has 2 heterocycles. The van der Waals surface area contributed by atoms with Gasteiger partial charge in [-0.2, -0.15) is 0 Å². The Kier molecular flexibility index (Phi) is 3.72. The van der Waals surface area contributed by atoms with Gasteiger partial charge in [-0.3, -0.25) is 4.98 Å². The molecule has 110 valence electrons. The molecule has 0 bridgehead atoms. The molecule has 0 spiro atoms. The predicted molar refractivity (Wildman–Crippen MR) is 83.9 cm³/mol. The van der Waals surface area contributed by atoms with Gasteiger partial charge in [-0.1, -0.05) is 20.8 Å². The summed E-state index contributed by atoms with van der Waals surface area (Å²) in [6.45, 7) is 10.4. The van der Waals surface area contributed by atoms with E-state index >= 15 is 0 Å². The number of hydrogen-bond donors (Lipinski definition) is 1. The maximum absolute atomic E-state index is 4.35. The zero-order valence-electron chi connectivity index (χ0n) is 13.0. The minimum atomic E-state index is 0.406. The summed E-state index contributed by atoms with van der Waals surface area (Å²) in [6.07, 6.45) is 7.96. The molecule has 3 nitrogen and oxygen atoms in total. The first-order chi connectivity index (χ1) is 9.54. The average molecular weight is 273 g/mol. The van der Waals surface area contributed by atoms with Crippen molar-refractivity contribution in [2.75, 3.05) is 18.0 Å². The van der Waals surface area contributed by atoms with Gasteiger partial charge in [-0.15, -0.1) is 0 Å². The SMILES string of the molecule is CC(C)(C)C1CCN(c2cnccc2CNC2CC2)C1. The molecule has 3 rings (SSSR count). The van der Waals surface area contributed by atoms with Crippen molar-refractivity contribution in [1.82, 2.24) is 10.3 Å². The number of aromatic nitrogens is 1. The highest BCUT2D eigenvalue weighted by molar-refractivity contribution is 5.52. The summed E-state index contributed by atoms with van der Waals surface area (Å²) in [6, 6.07) is 2.94. The smallest absolute Gasteiger partial charge is 0.0598 e. The third-order valence-corrected chi connectivity index (χ3v) is 4.80. The van der Waals surface area contributed by atoms with Crippen molar-refractivity contribution in [1.29, 1.82) is 0 Å². The van der Waals surface area contributed by atoms with Gasteiger partial charge >= 0.3 is 0 Å². The van der Waals surface area contributed by atoms with Crippen LogP contribution in [0.3, 0.4) is 0 Å². The molecule has 1 unspecified atom stereocenters. The van der Waals surface area contributed by atoms with Gasteiger partial charge in [-0.25, -0.2) is 0 Å². The van der Waals surface area contributed by atoms with Crippen LogP contribution in [0.2, 0.25) is 0 Å². The molecule has 1 aromatic rings. The first-order valence-corrected chi connectivity index (χ1v) is 7.95. The van der Waals surface area contributed by atoms with Crippen molar-refractivity contribution in [2.45, 2.75) is 52.6 Å². The lowest BCUT2D eigenvalue weighted by Gasteiger charge is -2.28. The molecule has 1 saturated heterocycles. The molecule has 1 N–H and O–H groups in total. The number of pyridine rings is 1. The summed E-state index contributed by atoms with van der Waals surface area (Å²) < 4.78 is 0. The summed E-state index contributed by atoms with van der Waals surface area (Å²) in [4.78, 5) is 6.88. The van der Waals surface area contributed by atoms with Gasteiger partial charge in [0, 0.05) is 31.9 Å². The Labute approximate surface area is 122 Å². The second kappa shape index (κ2) is 5.36. The van der Waals surface area contributed by atoms with E-state index in [4.69, 9.17) is 0 Å². The van der Waals surface area contributed by atoms with Crippen LogP contribution in [0, 0.1) is 11.3 Å². The van der Waals surface area contributed by atoms with E-state index in [1.165, 1.54) is 43.6 Å². The Morgan fingerprint density at radius 3 is 2.75 bits per heavy atom. The van der Waals surface area contributed by atoms with Crippen LogP contribution in [-0.2, 0) is 6.54 Å². The molecule has 20 heavy (non-hydrogen) atoms. The Morgan fingerprint density at radius 1 is 1.30 bits per heavy atom. The first kappa shape index (κ1) is 13.9. The number of nitrogens with zero attached hydrogens (tertiary/aromatic N) is 2.